The molecule has 5 nitrogen and oxygen atoms in total. The minimum atomic E-state index is -0.667. The maximum Gasteiger partial charge on any atom is 0.295 e. The summed E-state index contributed by atoms with van der Waals surface area (Å²) in [5, 5.41) is 11.1. The number of carbonyl (C=O) groups is 2. The molecule has 1 N–H and O–H groups in total. The molecule has 0 spiro atoms. The normalized spacial score (nSPS) is 18.5. The molecular formula is C25H29NO4. The Hall–Kier alpha value is -2.92. The largest absolute Gasteiger partial charge is 0.507 e. The van der Waals surface area contributed by atoms with Crippen molar-refractivity contribution >= 4 is 17.4 Å². The molecule has 1 fully saturated rings. The summed E-state index contributed by atoms with van der Waals surface area (Å²) in [6.07, 6.45) is 0. The number of rotatable bonds is 6. The van der Waals surface area contributed by atoms with Crippen LogP contribution in [0.15, 0.2) is 48.0 Å². The summed E-state index contributed by atoms with van der Waals surface area (Å²) in [6, 6.07) is 12.7. The number of hydrogen-bond donors (Lipinski definition) is 1. The molecule has 1 aliphatic heterocycles. The summed E-state index contributed by atoms with van der Waals surface area (Å²) in [5.74, 6) is -1.06. The fourth-order valence-electron chi connectivity index (χ4n) is 3.75. The van der Waals surface area contributed by atoms with E-state index in [4.69, 9.17) is 4.74 Å². The summed E-state index contributed by atoms with van der Waals surface area (Å²) in [6.45, 7) is 8.72. The first-order valence-corrected chi connectivity index (χ1v) is 10.2. The Bertz CT molecular complexity index is 989. The van der Waals surface area contributed by atoms with Crippen LogP contribution in [0.2, 0.25) is 0 Å². The Morgan fingerprint density at radius 3 is 2.30 bits per heavy atom. The molecule has 1 aliphatic rings. The SMILES string of the molecule is COCCN1C(=O)C(=O)/C(=C(\O)c2ccc(C)c(C)c2)C1c1ccc(C(C)C)cc1. The third kappa shape index (κ3) is 4.03. The molecule has 0 radical (unpaired) electrons. The van der Waals surface area contributed by atoms with Crippen LogP contribution in [0.25, 0.3) is 5.76 Å². The van der Waals surface area contributed by atoms with Gasteiger partial charge in [0.05, 0.1) is 18.2 Å². The van der Waals surface area contributed by atoms with Gasteiger partial charge in [-0.05, 0) is 48.1 Å². The van der Waals surface area contributed by atoms with E-state index in [0.29, 0.717) is 18.1 Å². The number of likely N-dealkylation sites (tertiary alicyclic amines) is 1. The lowest BCUT2D eigenvalue weighted by molar-refractivity contribution is -0.140. The van der Waals surface area contributed by atoms with E-state index in [1.54, 1.807) is 13.2 Å². The highest BCUT2D eigenvalue weighted by Gasteiger charge is 2.45. The number of aliphatic hydroxyl groups excluding tert-OH is 1. The van der Waals surface area contributed by atoms with Gasteiger partial charge in [0.25, 0.3) is 11.7 Å². The van der Waals surface area contributed by atoms with Crippen molar-refractivity contribution in [1.82, 2.24) is 4.90 Å². The van der Waals surface area contributed by atoms with Gasteiger partial charge in [-0.1, -0.05) is 50.2 Å². The Labute approximate surface area is 178 Å². The van der Waals surface area contributed by atoms with Crippen LogP contribution in [0.5, 0.6) is 0 Å². The van der Waals surface area contributed by atoms with E-state index in [1.807, 2.05) is 50.2 Å². The molecule has 1 atom stereocenters. The van der Waals surface area contributed by atoms with Gasteiger partial charge in [0.1, 0.15) is 5.76 Å². The monoisotopic (exact) mass is 407 g/mol. The van der Waals surface area contributed by atoms with Crippen molar-refractivity contribution in [3.05, 3.63) is 75.9 Å². The molecule has 0 saturated carbocycles. The van der Waals surface area contributed by atoms with E-state index in [9.17, 15) is 14.7 Å². The van der Waals surface area contributed by atoms with Crippen molar-refractivity contribution in [2.75, 3.05) is 20.3 Å². The topological polar surface area (TPSA) is 66.8 Å². The number of Topliss-reactive ketones (excluding diaryl/α,β-unsaturated/α-hetero) is 1. The third-order valence-corrected chi connectivity index (χ3v) is 5.78. The number of nitrogens with zero attached hydrogens (tertiary/aromatic N) is 1. The van der Waals surface area contributed by atoms with E-state index < -0.39 is 17.7 Å². The number of amides is 1. The standard InChI is InChI=1S/C25H29NO4/c1-15(2)18-8-10-19(11-9-18)22-21(24(28)25(29)26(22)12-13-30-5)23(27)20-7-6-16(3)17(4)14-20/h6-11,14-15,22,27H,12-13H2,1-5H3/b23-21-. The highest BCUT2D eigenvalue weighted by Crippen LogP contribution is 2.39. The lowest BCUT2D eigenvalue weighted by Crippen LogP contribution is -2.32. The number of aliphatic hydroxyl groups is 1. The van der Waals surface area contributed by atoms with Crippen LogP contribution < -0.4 is 0 Å². The second-order valence-electron chi connectivity index (χ2n) is 8.11. The molecule has 0 aromatic heterocycles. The molecular weight excluding hydrogens is 378 g/mol. The molecule has 30 heavy (non-hydrogen) atoms. The van der Waals surface area contributed by atoms with Crippen LogP contribution >= 0.6 is 0 Å². The van der Waals surface area contributed by atoms with Crippen molar-refractivity contribution in [2.45, 2.75) is 39.7 Å². The molecule has 2 aromatic carbocycles. The van der Waals surface area contributed by atoms with Gasteiger partial charge >= 0.3 is 0 Å². The first-order valence-electron chi connectivity index (χ1n) is 10.2. The van der Waals surface area contributed by atoms with Gasteiger partial charge in [-0.25, -0.2) is 0 Å². The van der Waals surface area contributed by atoms with E-state index in [-0.39, 0.29) is 17.9 Å². The first-order chi connectivity index (χ1) is 14.3. The smallest absolute Gasteiger partial charge is 0.295 e. The molecule has 1 unspecified atom stereocenters. The number of ketones is 1. The number of carbonyl (C=O) groups excluding carboxylic acids is 2. The zero-order chi connectivity index (χ0) is 22.0. The van der Waals surface area contributed by atoms with Crippen LogP contribution in [0.4, 0.5) is 0 Å². The molecule has 1 amide bonds. The van der Waals surface area contributed by atoms with Crippen LogP contribution in [-0.2, 0) is 14.3 Å². The molecule has 2 aromatic rings. The second-order valence-corrected chi connectivity index (χ2v) is 8.11. The highest BCUT2D eigenvalue weighted by molar-refractivity contribution is 6.46. The number of aryl methyl sites for hydroxylation is 2. The van der Waals surface area contributed by atoms with Gasteiger partial charge in [0.2, 0.25) is 0 Å². The van der Waals surface area contributed by atoms with E-state index >= 15 is 0 Å². The lowest BCUT2D eigenvalue weighted by atomic mass is 9.92. The van der Waals surface area contributed by atoms with E-state index in [0.717, 1.165) is 16.7 Å². The summed E-state index contributed by atoms with van der Waals surface area (Å²) in [5.41, 5.74) is 4.71. The van der Waals surface area contributed by atoms with Crippen LogP contribution in [0.1, 0.15) is 53.6 Å². The van der Waals surface area contributed by atoms with Gasteiger partial charge < -0.3 is 14.7 Å². The van der Waals surface area contributed by atoms with E-state index in [1.165, 1.54) is 10.5 Å². The summed E-state index contributed by atoms with van der Waals surface area (Å²) in [4.78, 5) is 27.3. The molecule has 158 valence electrons. The molecule has 5 heteroatoms. The van der Waals surface area contributed by atoms with Crippen molar-refractivity contribution < 1.29 is 19.4 Å². The Morgan fingerprint density at radius 2 is 1.73 bits per heavy atom. The van der Waals surface area contributed by atoms with Crippen LogP contribution in [-0.4, -0.2) is 42.0 Å². The molecule has 1 saturated heterocycles. The average Bonchev–Trinajstić information content (AvgIpc) is 2.98. The Morgan fingerprint density at radius 1 is 1.07 bits per heavy atom. The lowest BCUT2D eigenvalue weighted by Gasteiger charge is -2.25. The first kappa shape index (κ1) is 21.8. The average molecular weight is 408 g/mol. The van der Waals surface area contributed by atoms with Gasteiger partial charge in [-0.2, -0.15) is 0 Å². The molecule has 0 bridgehead atoms. The fourth-order valence-corrected chi connectivity index (χ4v) is 3.75. The number of hydrogen-bond acceptors (Lipinski definition) is 4. The summed E-state index contributed by atoms with van der Waals surface area (Å²) >= 11 is 0. The Balaban J connectivity index is 2.15. The number of ether oxygens (including phenoxy) is 1. The zero-order valence-corrected chi connectivity index (χ0v) is 18.2. The maximum atomic E-state index is 13.0. The number of benzene rings is 2. The zero-order valence-electron chi connectivity index (χ0n) is 18.2. The van der Waals surface area contributed by atoms with Crippen molar-refractivity contribution in [1.29, 1.82) is 0 Å². The van der Waals surface area contributed by atoms with Crippen molar-refractivity contribution in [3.63, 3.8) is 0 Å². The van der Waals surface area contributed by atoms with Crippen LogP contribution in [0, 0.1) is 13.8 Å². The second kappa shape index (κ2) is 8.84. The van der Waals surface area contributed by atoms with Gasteiger partial charge in [-0.3, -0.25) is 9.59 Å². The fraction of sp³-hybridized carbons (Fsp3) is 0.360. The van der Waals surface area contributed by atoms with Crippen molar-refractivity contribution in [3.8, 4) is 0 Å². The van der Waals surface area contributed by atoms with Gasteiger partial charge in [-0.15, -0.1) is 0 Å². The highest BCUT2D eigenvalue weighted by atomic mass is 16.5. The Kier molecular flexibility index (Phi) is 6.42. The predicted octanol–water partition coefficient (Wildman–Crippen LogP) is 4.49. The molecule has 3 rings (SSSR count). The third-order valence-electron chi connectivity index (χ3n) is 5.78. The maximum absolute atomic E-state index is 13.0. The quantitative estimate of drug-likeness (QED) is 0.435. The van der Waals surface area contributed by atoms with Gasteiger partial charge in [0.15, 0.2) is 0 Å². The molecule has 1 heterocycles. The molecule has 0 aliphatic carbocycles. The summed E-state index contributed by atoms with van der Waals surface area (Å²) in [7, 11) is 1.55. The van der Waals surface area contributed by atoms with Crippen molar-refractivity contribution in [2.24, 2.45) is 0 Å². The minimum Gasteiger partial charge on any atom is -0.507 e. The predicted molar refractivity (Wildman–Crippen MR) is 117 cm³/mol. The number of methoxy groups -OCH3 is 1. The minimum absolute atomic E-state index is 0.122. The van der Waals surface area contributed by atoms with E-state index in [2.05, 4.69) is 13.8 Å². The van der Waals surface area contributed by atoms with Crippen LogP contribution in [0.3, 0.4) is 0 Å². The summed E-state index contributed by atoms with van der Waals surface area (Å²) < 4.78 is 5.15. The van der Waals surface area contributed by atoms with Gasteiger partial charge in [0, 0.05) is 19.2 Å².